The van der Waals surface area contributed by atoms with E-state index in [9.17, 15) is 0 Å². The second-order valence-corrected chi connectivity index (χ2v) is 1.05. The van der Waals surface area contributed by atoms with Crippen molar-refractivity contribution >= 4 is 13.5 Å². The van der Waals surface area contributed by atoms with E-state index in [1.165, 1.54) is 0 Å². The number of nitriles is 1. The predicted octanol–water partition coefficient (Wildman–Crippen LogP) is 0.394. The van der Waals surface area contributed by atoms with Gasteiger partial charge >= 0.3 is 0 Å². The van der Waals surface area contributed by atoms with Crippen LogP contribution in [0.2, 0.25) is 0 Å². The summed E-state index contributed by atoms with van der Waals surface area (Å²) in [5.41, 5.74) is 0. The largest absolute Gasteiger partial charge is 0.336 e. The number of aromatic nitrogens is 2. The Balaban J connectivity index is 0.000000490. The molecule has 1 aromatic heterocycles. The van der Waals surface area contributed by atoms with Crippen molar-refractivity contribution in [3.8, 4) is 6.07 Å². The molecule has 0 spiro atoms. The molecule has 1 heterocycles. The monoisotopic (exact) mass is 127 g/mol. The molecule has 1 aromatic rings. The highest BCUT2D eigenvalue weighted by molar-refractivity contribution is 7.59. The van der Waals surface area contributed by atoms with Gasteiger partial charge in [-0.05, 0) is 0 Å². The van der Waals surface area contributed by atoms with Gasteiger partial charge in [-0.1, -0.05) is 0 Å². The van der Waals surface area contributed by atoms with Crippen LogP contribution in [0.3, 0.4) is 0 Å². The number of aromatic amines is 1. The standard InChI is InChI=1S/C4H3N3.H2S/c5-3-4-6-1-2-7-4;/h1-2H,(H,6,7);1H2. The van der Waals surface area contributed by atoms with Gasteiger partial charge in [0.1, 0.15) is 6.07 Å². The van der Waals surface area contributed by atoms with Crippen molar-refractivity contribution in [1.82, 2.24) is 9.97 Å². The molecule has 4 heteroatoms. The Hall–Kier alpha value is -0.950. The minimum absolute atomic E-state index is 0. The zero-order chi connectivity index (χ0) is 5.11. The van der Waals surface area contributed by atoms with Gasteiger partial charge in [0.15, 0.2) is 0 Å². The summed E-state index contributed by atoms with van der Waals surface area (Å²) in [5.74, 6) is 0.361. The molecule has 0 amide bonds. The number of hydrogen-bond acceptors (Lipinski definition) is 2. The molecule has 0 atom stereocenters. The molecular weight excluding hydrogens is 122 g/mol. The minimum atomic E-state index is 0. The molecule has 8 heavy (non-hydrogen) atoms. The lowest BCUT2D eigenvalue weighted by atomic mass is 10.7. The second-order valence-electron chi connectivity index (χ2n) is 1.05. The summed E-state index contributed by atoms with van der Waals surface area (Å²) >= 11 is 0. The second kappa shape index (κ2) is 3.10. The first kappa shape index (κ1) is 7.05. The maximum absolute atomic E-state index is 8.08. The molecule has 0 aliphatic carbocycles. The molecule has 3 nitrogen and oxygen atoms in total. The molecule has 0 fully saturated rings. The van der Waals surface area contributed by atoms with E-state index in [4.69, 9.17) is 5.26 Å². The Kier molecular flexibility index (Phi) is 2.74. The van der Waals surface area contributed by atoms with Crippen LogP contribution in [-0.4, -0.2) is 9.97 Å². The number of hydrogen-bond donors (Lipinski definition) is 1. The van der Waals surface area contributed by atoms with E-state index in [2.05, 4.69) is 9.97 Å². The molecule has 0 aliphatic rings. The van der Waals surface area contributed by atoms with Crippen molar-refractivity contribution in [1.29, 1.82) is 5.26 Å². The van der Waals surface area contributed by atoms with Crippen LogP contribution in [0.25, 0.3) is 0 Å². The normalized spacial score (nSPS) is 6.88. The van der Waals surface area contributed by atoms with Crippen LogP contribution in [0.4, 0.5) is 0 Å². The molecule has 0 saturated heterocycles. The van der Waals surface area contributed by atoms with Gasteiger partial charge in [-0.25, -0.2) is 4.98 Å². The Bertz CT molecular complexity index is 174. The van der Waals surface area contributed by atoms with E-state index in [1.54, 1.807) is 12.4 Å². The average molecular weight is 127 g/mol. The van der Waals surface area contributed by atoms with Crippen LogP contribution < -0.4 is 0 Å². The highest BCUT2D eigenvalue weighted by atomic mass is 32.1. The van der Waals surface area contributed by atoms with Crippen molar-refractivity contribution in [2.24, 2.45) is 0 Å². The number of nitrogens with zero attached hydrogens (tertiary/aromatic N) is 2. The number of H-pyrrole nitrogens is 1. The molecule has 0 saturated carbocycles. The first-order chi connectivity index (χ1) is 3.43. The summed E-state index contributed by atoms with van der Waals surface area (Å²) < 4.78 is 0. The van der Waals surface area contributed by atoms with Crippen LogP contribution in [0.1, 0.15) is 5.82 Å². The SMILES string of the molecule is N#Cc1ncc[nH]1.S. The van der Waals surface area contributed by atoms with Crippen molar-refractivity contribution < 1.29 is 0 Å². The third kappa shape index (κ3) is 1.28. The van der Waals surface area contributed by atoms with E-state index in [0.717, 1.165) is 0 Å². The fourth-order valence-corrected chi connectivity index (χ4v) is 0.326. The molecule has 1 N–H and O–H groups in total. The molecule has 0 aliphatic heterocycles. The fourth-order valence-electron chi connectivity index (χ4n) is 0.326. The smallest absolute Gasteiger partial charge is 0.210 e. The van der Waals surface area contributed by atoms with Gasteiger partial charge in [-0.3, -0.25) is 0 Å². The zero-order valence-electron chi connectivity index (χ0n) is 4.05. The molecular formula is C4H5N3S. The van der Waals surface area contributed by atoms with Gasteiger partial charge < -0.3 is 4.98 Å². The van der Waals surface area contributed by atoms with Gasteiger partial charge in [0, 0.05) is 12.4 Å². The van der Waals surface area contributed by atoms with E-state index < -0.39 is 0 Å². The predicted molar refractivity (Wildman–Crippen MR) is 33.7 cm³/mol. The third-order valence-corrected chi connectivity index (χ3v) is 0.604. The highest BCUT2D eigenvalue weighted by Crippen LogP contribution is 1.79. The Morgan fingerprint density at radius 3 is 2.75 bits per heavy atom. The summed E-state index contributed by atoms with van der Waals surface area (Å²) in [6.07, 6.45) is 3.15. The maximum Gasteiger partial charge on any atom is 0.210 e. The lowest BCUT2D eigenvalue weighted by Gasteiger charge is -1.65. The third-order valence-electron chi connectivity index (χ3n) is 0.604. The van der Waals surface area contributed by atoms with Gasteiger partial charge in [-0.15, -0.1) is 0 Å². The fraction of sp³-hybridized carbons (Fsp3) is 0. The van der Waals surface area contributed by atoms with Crippen LogP contribution in [0.5, 0.6) is 0 Å². The summed E-state index contributed by atoms with van der Waals surface area (Å²) in [7, 11) is 0. The zero-order valence-corrected chi connectivity index (χ0v) is 5.05. The van der Waals surface area contributed by atoms with E-state index >= 15 is 0 Å². The van der Waals surface area contributed by atoms with Gasteiger partial charge in [-0.2, -0.15) is 18.8 Å². The van der Waals surface area contributed by atoms with Crippen molar-refractivity contribution in [2.45, 2.75) is 0 Å². The summed E-state index contributed by atoms with van der Waals surface area (Å²) in [6.45, 7) is 0. The summed E-state index contributed by atoms with van der Waals surface area (Å²) in [6, 6.07) is 1.84. The van der Waals surface area contributed by atoms with Gasteiger partial charge in [0.2, 0.25) is 5.82 Å². The lowest BCUT2D eigenvalue weighted by molar-refractivity contribution is 1.23. The molecule has 0 radical (unpaired) electrons. The average Bonchev–Trinajstić information content (AvgIpc) is 2.14. The van der Waals surface area contributed by atoms with Crippen molar-refractivity contribution in [3.05, 3.63) is 18.2 Å². The molecule has 0 unspecified atom stereocenters. The Morgan fingerprint density at radius 1 is 1.75 bits per heavy atom. The van der Waals surface area contributed by atoms with Crippen molar-refractivity contribution in [3.63, 3.8) is 0 Å². The number of rotatable bonds is 0. The topological polar surface area (TPSA) is 52.5 Å². The first-order valence-electron chi connectivity index (χ1n) is 1.83. The van der Waals surface area contributed by atoms with Crippen molar-refractivity contribution in [2.75, 3.05) is 0 Å². The molecule has 0 bridgehead atoms. The summed E-state index contributed by atoms with van der Waals surface area (Å²) in [4.78, 5) is 6.23. The number of nitrogens with one attached hydrogen (secondary N) is 1. The summed E-state index contributed by atoms with van der Waals surface area (Å²) in [5, 5.41) is 8.08. The van der Waals surface area contributed by atoms with E-state index in [1.807, 2.05) is 6.07 Å². The quantitative estimate of drug-likeness (QED) is 0.548. The Labute approximate surface area is 53.8 Å². The number of imidazole rings is 1. The maximum atomic E-state index is 8.08. The van der Waals surface area contributed by atoms with Crippen LogP contribution in [-0.2, 0) is 0 Å². The molecule has 0 aromatic carbocycles. The lowest BCUT2D eigenvalue weighted by Crippen LogP contribution is -1.70. The van der Waals surface area contributed by atoms with Gasteiger partial charge in [0.25, 0.3) is 0 Å². The molecule has 42 valence electrons. The Morgan fingerprint density at radius 2 is 2.50 bits per heavy atom. The van der Waals surface area contributed by atoms with Crippen LogP contribution in [0.15, 0.2) is 12.4 Å². The highest BCUT2D eigenvalue weighted by Gasteiger charge is 1.82. The van der Waals surface area contributed by atoms with E-state index in [0.29, 0.717) is 5.82 Å². The van der Waals surface area contributed by atoms with Crippen LogP contribution in [0, 0.1) is 11.3 Å². The van der Waals surface area contributed by atoms with Gasteiger partial charge in [0.05, 0.1) is 0 Å². The van der Waals surface area contributed by atoms with E-state index in [-0.39, 0.29) is 13.5 Å². The first-order valence-corrected chi connectivity index (χ1v) is 1.83. The minimum Gasteiger partial charge on any atom is -0.336 e. The van der Waals surface area contributed by atoms with Crippen LogP contribution >= 0.6 is 13.5 Å². The molecule has 1 rings (SSSR count).